The van der Waals surface area contributed by atoms with E-state index in [9.17, 15) is 9.90 Å². The summed E-state index contributed by atoms with van der Waals surface area (Å²) in [5, 5.41) is 13.0. The molecule has 1 aliphatic heterocycles. The van der Waals surface area contributed by atoms with Crippen molar-refractivity contribution in [1.82, 2.24) is 0 Å². The first-order valence-corrected chi connectivity index (χ1v) is 8.29. The highest BCUT2D eigenvalue weighted by atomic mass is 32.2. The third-order valence-electron chi connectivity index (χ3n) is 4.20. The lowest BCUT2D eigenvalue weighted by atomic mass is 10.1. The van der Waals surface area contributed by atoms with Gasteiger partial charge in [0.05, 0.1) is 18.0 Å². The molecule has 0 fully saturated rings. The van der Waals surface area contributed by atoms with Crippen LogP contribution in [0.3, 0.4) is 0 Å². The number of aliphatic hydroxyl groups is 1. The topological polar surface area (TPSA) is 58.6 Å². The Balaban J connectivity index is 2.03. The minimum absolute atomic E-state index is 0.357. The first-order chi connectivity index (χ1) is 11.0. The zero-order valence-electron chi connectivity index (χ0n) is 13.3. The van der Waals surface area contributed by atoms with Crippen molar-refractivity contribution in [2.24, 2.45) is 0 Å². The maximum Gasteiger partial charge on any atom is 0.254 e. The Hall–Kier alpha value is -1.98. The second-order valence-corrected chi connectivity index (χ2v) is 6.81. The Labute approximate surface area is 139 Å². The van der Waals surface area contributed by atoms with Crippen molar-refractivity contribution in [2.45, 2.75) is 30.1 Å². The molecule has 0 saturated heterocycles. The van der Waals surface area contributed by atoms with E-state index in [1.165, 1.54) is 11.8 Å². The zero-order valence-corrected chi connectivity index (χ0v) is 14.1. The van der Waals surface area contributed by atoms with Crippen LogP contribution in [0.15, 0.2) is 41.3 Å². The lowest BCUT2D eigenvalue weighted by Crippen LogP contribution is -2.30. The van der Waals surface area contributed by atoms with Gasteiger partial charge in [-0.1, -0.05) is 18.2 Å². The predicted octanol–water partition coefficient (Wildman–Crippen LogP) is 3.46. The summed E-state index contributed by atoms with van der Waals surface area (Å²) in [5.74, 6) is 0.379. The number of ether oxygens (including phenoxy) is 1. The molecule has 1 aliphatic rings. The SMILES string of the molecule is COc1ccc([C@H]2Sc3ccc(C)c(C)c3NC(=O)[C@@H]2O)cc1. The van der Waals surface area contributed by atoms with E-state index in [0.29, 0.717) is 0 Å². The average Bonchev–Trinajstić information content (AvgIpc) is 2.69. The van der Waals surface area contributed by atoms with Gasteiger partial charge in [-0.05, 0) is 48.7 Å². The molecule has 4 nitrogen and oxygen atoms in total. The molecule has 5 heteroatoms. The van der Waals surface area contributed by atoms with Gasteiger partial charge in [-0.25, -0.2) is 0 Å². The van der Waals surface area contributed by atoms with Gasteiger partial charge in [-0.15, -0.1) is 11.8 Å². The fourth-order valence-electron chi connectivity index (χ4n) is 2.62. The summed E-state index contributed by atoms with van der Waals surface area (Å²) in [6.07, 6.45) is -1.11. The highest BCUT2D eigenvalue weighted by Crippen LogP contribution is 2.45. The third kappa shape index (κ3) is 2.94. The number of fused-ring (bicyclic) bond motifs is 1. The first-order valence-electron chi connectivity index (χ1n) is 7.41. The number of hydrogen-bond donors (Lipinski definition) is 2. The predicted molar refractivity (Wildman–Crippen MR) is 92.1 cm³/mol. The fraction of sp³-hybridized carbons (Fsp3) is 0.278. The molecule has 1 amide bonds. The van der Waals surface area contributed by atoms with E-state index in [1.54, 1.807) is 7.11 Å². The number of amides is 1. The van der Waals surface area contributed by atoms with Gasteiger partial charge in [0, 0.05) is 4.90 Å². The second-order valence-electron chi connectivity index (χ2n) is 5.63. The number of rotatable bonds is 2. The van der Waals surface area contributed by atoms with Crippen molar-refractivity contribution in [1.29, 1.82) is 0 Å². The number of thioether (sulfide) groups is 1. The summed E-state index contributed by atoms with van der Waals surface area (Å²) in [6.45, 7) is 3.99. The molecule has 2 atom stereocenters. The first kappa shape index (κ1) is 15.9. The summed E-state index contributed by atoms with van der Waals surface area (Å²) in [6, 6.07) is 11.5. The van der Waals surface area contributed by atoms with E-state index in [1.807, 2.05) is 50.2 Å². The molecule has 0 aliphatic carbocycles. The smallest absolute Gasteiger partial charge is 0.254 e. The van der Waals surface area contributed by atoms with Gasteiger partial charge in [0.15, 0.2) is 0 Å². The summed E-state index contributed by atoms with van der Waals surface area (Å²) >= 11 is 1.50. The molecule has 2 aromatic rings. The molecular formula is C18H19NO3S. The molecule has 120 valence electrons. The van der Waals surface area contributed by atoms with E-state index in [2.05, 4.69) is 5.32 Å². The fourth-order valence-corrected chi connectivity index (χ4v) is 3.91. The maximum atomic E-state index is 12.3. The Morgan fingerprint density at radius 3 is 2.48 bits per heavy atom. The molecule has 0 bridgehead atoms. The second kappa shape index (κ2) is 6.26. The molecule has 0 saturated carbocycles. The minimum atomic E-state index is -1.11. The number of carbonyl (C=O) groups excluding carboxylic acids is 1. The van der Waals surface area contributed by atoms with Gasteiger partial charge in [0.25, 0.3) is 5.91 Å². The van der Waals surface area contributed by atoms with E-state index in [4.69, 9.17) is 4.74 Å². The Morgan fingerprint density at radius 1 is 1.13 bits per heavy atom. The molecule has 3 rings (SSSR count). The molecule has 23 heavy (non-hydrogen) atoms. The van der Waals surface area contributed by atoms with Crippen LogP contribution in [0.4, 0.5) is 5.69 Å². The van der Waals surface area contributed by atoms with Crippen LogP contribution in [0, 0.1) is 13.8 Å². The number of benzene rings is 2. The van der Waals surface area contributed by atoms with E-state index >= 15 is 0 Å². The van der Waals surface area contributed by atoms with Crippen molar-refractivity contribution in [3.63, 3.8) is 0 Å². The quantitative estimate of drug-likeness (QED) is 0.886. The monoisotopic (exact) mass is 329 g/mol. The van der Waals surface area contributed by atoms with Gasteiger partial charge in [0.2, 0.25) is 0 Å². The molecule has 0 unspecified atom stereocenters. The molecule has 2 N–H and O–H groups in total. The summed E-state index contributed by atoms with van der Waals surface area (Å²) in [7, 11) is 1.61. The number of hydrogen-bond acceptors (Lipinski definition) is 4. The molecule has 1 heterocycles. The number of carbonyl (C=O) groups is 1. The standard InChI is InChI=1S/C18H19NO3S/c1-10-4-9-14-15(11(10)2)19-18(21)16(20)17(23-14)12-5-7-13(22-3)8-6-12/h4-9,16-17,20H,1-3H3,(H,19,21)/t16-,17-/m1/s1. The van der Waals surface area contributed by atoms with Crippen LogP contribution < -0.4 is 10.1 Å². The lowest BCUT2D eigenvalue weighted by molar-refractivity contribution is -0.124. The largest absolute Gasteiger partial charge is 0.497 e. The number of aryl methyl sites for hydroxylation is 1. The van der Waals surface area contributed by atoms with Gasteiger partial charge < -0.3 is 15.2 Å². The Morgan fingerprint density at radius 2 is 1.83 bits per heavy atom. The molecule has 2 aromatic carbocycles. The van der Waals surface area contributed by atoms with Crippen LogP contribution in [0.5, 0.6) is 5.75 Å². The summed E-state index contributed by atoms with van der Waals surface area (Å²) in [4.78, 5) is 13.3. The number of nitrogens with one attached hydrogen (secondary N) is 1. The van der Waals surface area contributed by atoms with Crippen LogP contribution in [0.1, 0.15) is 21.9 Å². The van der Waals surface area contributed by atoms with Crippen molar-refractivity contribution in [3.05, 3.63) is 53.1 Å². The highest BCUT2D eigenvalue weighted by Gasteiger charge is 2.33. The van der Waals surface area contributed by atoms with Crippen molar-refractivity contribution < 1.29 is 14.6 Å². The van der Waals surface area contributed by atoms with Crippen LogP contribution in [0.2, 0.25) is 0 Å². The highest BCUT2D eigenvalue weighted by molar-refractivity contribution is 7.99. The van der Waals surface area contributed by atoms with Crippen LogP contribution >= 0.6 is 11.8 Å². The average molecular weight is 329 g/mol. The van der Waals surface area contributed by atoms with Crippen LogP contribution in [-0.4, -0.2) is 24.2 Å². The molecular weight excluding hydrogens is 310 g/mol. The van der Waals surface area contributed by atoms with E-state index < -0.39 is 6.10 Å². The van der Waals surface area contributed by atoms with Gasteiger partial charge >= 0.3 is 0 Å². The van der Waals surface area contributed by atoms with Crippen molar-refractivity contribution in [2.75, 3.05) is 12.4 Å². The van der Waals surface area contributed by atoms with E-state index in [-0.39, 0.29) is 11.2 Å². The normalized spacial score (nSPS) is 20.4. The summed E-state index contributed by atoms with van der Waals surface area (Å²) in [5.41, 5.74) is 3.84. The molecule has 0 spiro atoms. The third-order valence-corrected chi connectivity index (χ3v) is 5.58. The van der Waals surface area contributed by atoms with Crippen molar-refractivity contribution >= 4 is 23.4 Å². The van der Waals surface area contributed by atoms with E-state index in [0.717, 1.165) is 33.0 Å². The van der Waals surface area contributed by atoms with Crippen LogP contribution in [0.25, 0.3) is 0 Å². The van der Waals surface area contributed by atoms with Crippen molar-refractivity contribution in [3.8, 4) is 5.75 Å². The Bertz CT molecular complexity index is 743. The molecule has 0 aromatic heterocycles. The number of methoxy groups -OCH3 is 1. The van der Waals surface area contributed by atoms with Gasteiger partial charge in [-0.3, -0.25) is 4.79 Å². The number of aliphatic hydroxyl groups excluding tert-OH is 1. The molecule has 0 radical (unpaired) electrons. The number of anilines is 1. The lowest BCUT2D eigenvalue weighted by Gasteiger charge is -2.19. The van der Waals surface area contributed by atoms with Crippen LogP contribution in [-0.2, 0) is 4.79 Å². The van der Waals surface area contributed by atoms with Gasteiger partial charge in [-0.2, -0.15) is 0 Å². The Kier molecular flexibility index (Phi) is 4.33. The zero-order chi connectivity index (χ0) is 16.6. The summed E-state index contributed by atoms with van der Waals surface area (Å²) < 4.78 is 5.17. The van der Waals surface area contributed by atoms with Gasteiger partial charge in [0.1, 0.15) is 11.9 Å². The minimum Gasteiger partial charge on any atom is -0.497 e. The maximum absolute atomic E-state index is 12.3.